The third kappa shape index (κ3) is 3.15. The molecule has 1 fully saturated rings. The number of rotatable bonds is 4. The second-order valence-electron chi connectivity index (χ2n) is 5.67. The van der Waals surface area contributed by atoms with Crippen molar-refractivity contribution in [2.75, 3.05) is 26.3 Å². The van der Waals surface area contributed by atoms with Gasteiger partial charge in [0.05, 0.1) is 13.2 Å². The van der Waals surface area contributed by atoms with E-state index in [4.69, 9.17) is 14.1 Å². The van der Waals surface area contributed by atoms with Gasteiger partial charge in [-0.15, -0.1) is 5.10 Å². The molecule has 1 unspecified atom stereocenters. The summed E-state index contributed by atoms with van der Waals surface area (Å²) < 4.78 is 10.6. The van der Waals surface area contributed by atoms with E-state index in [1.807, 2.05) is 0 Å². The molecular weight excluding hydrogens is 328 g/mol. The van der Waals surface area contributed by atoms with Gasteiger partial charge in [-0.1, -0.05) is 10.0 Å². The van der Waals surface area contributed by atoms with E-state index in [1.165, 1.54) is 4.85 Å². The highest BCUT2D eigenvalue weighted by Gasteiger charge is 2.27. The van der Waals surface area contributed by atoms with Crippen molar-refractivity contribution in [1.82, 2.24) is 30.2 Å². The summed E-state index contributed by atoms with van der Waals surface area (Å²) in [5.41, 5.74) is 1.47. The second kappa shape index (κ2) is 6.48. The quantitative estimate of drug-likeness (QED) is 0.655. The predicted octanol–water partition coefficient (Wildman–Crippen LogP) is 0.0925. The van der Waals surface area contributed by atoms with Crippen molar-refractivity contribution in [3.8, 4) is 0 Å². The molecule has 25 heavy (non-hydrogen) atoms. The molecule has 130 valence electrons. The lowest BCUT2D eigenvalue weighted by Crippen LogP contribution is -2.48. The van der Waals surface area contributed by atoms with Crippen LogP contribution < -0.4 is 4.84 Å². The topological polar surface area (TPSA) is 108 Å². The standard InChI is InChI=1S/C15H16N6O4/c1-10-7-13(18-25-10)15(22)20-5-6-23-11(8-20)9-24-21-14-12(17-19-21)3-2-4-16-14/h2-4,7,11H,5-6,8-9H2,1H3. The number of aromatic nitrogens is 5. The average molecular weight is 344 g/mol. The van der Waals surface area contributed by atoms with Gasteiger partial charge in [0.15, 0.2) is 5.69 Å². The number of aryl methyl sites for hydroxylation is 1. The van der Waals surface area contributed by atoms with Gasteiger partial charge in [0.25, 0.3) is 5.91 Å². The molecule has 4 heterocycles. The van der Waals surface area contributed by atoms with E-state index in [0.717, 1.165) is 0 Å². The van der Waals surface area contributed by atoms with Crippen LogP contribution in [0, 0.1) is 6.92 Å². The number of nitrogens with zero attached hydrogens (tertiary/aromatic N) is 6. The van der Waals surface area contributed by atoms with Gasteiger partial charge in [0, 0.05) is 18.8 Å². The summed E-state index contributed by atoms with van der Waals surface area (Å²) in [4.78, 5) is 25.2. The molecule has 0 N–H and O–H groups in total. The summed E-state index contributed by atoms with van der Waals surface area (Å²) in [5.74, 6) is 0.417. The third-order valence-corrected chi connectivity index (χ3v) is 3.84. The Morgan fingerprint density at radius 3 is 3.24 bits per heavy atom. The van der Waals surface area contributed by atoms with Crippen LogP contribution in [-0.2, 0) is 4.74 Å². The van der Waals surface area contributed by atoms with E-state index in [9.17, 15) is 4.79 Å². The molecule has 0 aromatic carbocycles. The molecule has 3 aromatic heterocycles. The maximum absolute atomic E-state index is 12.4. The highest BCUT2D eigenvalue weighted by atomic mass is 16.7. The van der Waals surface area contributed by atoms with Crippen molar-refractivity contribution in [2.24, 2.45) is 0 Å². The van der Waals surface area contributed by atoms with Crippen molar-refractivity contribution in [2.45, 2.75) is 13.0 Å². The normalized spacial score (nSPS) is 17.8. The molecule has 0 radical (unpaired) electrons. The fourth-order valence-corrected chi connectivity index (χ4v) is 2.62. The van der Waals surface area contributed by atoms with Crippen molar-refractivity contribution < 1.29 is 18.9 Å². The molecule has 0 aliphatic carbocycles. The number of pyridine rings is 1. The Kier molecular flexibility index (Phi) is 4.02. The minimum absolute atomic E-state index is 0.182. The summed E-state index contributed by atoms with van der Waals surface area (Å²) in [5, 5.41) is 11.6. The lowest BCUT2D eigenvalue weighted by Gasteiger charge is -2.31. The van der Waals surface area contributed by atoms with Crippen molar-refractivity contribution in [1.29, 1.82) is 0 Å². The van der Waals surface area contributed by atoms with Crippen LogP contribution in [0.2, 0.25) is 0 Å². The number of amides is 1. The van der Waals surface area contributed by atoms with E-state index in [1.54, 1.807) is 36.2 Å². The first-order valence-electron chi connectivity index (χ1n) is 7.84. The van der Waals surface area contributed by atoms with Crippen LogP contribution in [0.25, 0.3) is 11.2 Å². The minimum Gasteiger partial charge on any atom is -0.391 e. The van der Waals surface area contributed by atoms with E-state index >= 15 is 0 Å². The molecule has 10 heteroatoms. The predicted molar refractivity (Wildman–Crippen MR) is 83.7 cm³/mol. The Bertz CT molecular complexity index is 891. The molecule has 10 nitrogen and oxygen atoms in total. The highest BCUT2D eigenvalue weighted by Crippen LogP contribution is 2.11. The molecule has 1 atom stereocenters. The fraction of sp³-hybridized carbons (Fsp3) is 0.400. The van der Waals surface area contributed by atoms with Gasteiger partial charge in [-0.05, 0) is 24.3 Å². The van der Waals surface area contributed by atoms with E-state index in [2.05, 4.69) is 20.5 Å². The summed E-state index contributed by atoms with van der Waals surface area (Å²) >= 11 is 0. The van der Waals surface area contributed by atoms with Gasteiger partial charge < -0.3 is 19.0 Å². The Hall–Kier alpha value is -3.01. The first-order chi connectivity index (χ1) is 12.2. The van der Waals surface area contributed by atoms with Gasteiger partial charge in [0.2, 0.25) is 5.65 Å². The summed E-state index contributed by atoms with van der Waals surface area (Å²) in [6, 6.07) is 5.20. The Labute approximate surface area is 142 Å². The Morgan fingerprint density at radius 1 is 1.48 bits per heavy atom. The zero-order valence-electron chi connectivity index (χ0n) is 13.5. The van der Waals surface area contributed by atoms with Crippen molar-refractivity contribution >= 4 is 17.1 Å². The lowest BCUT2D eigenvalue weighted by atomic mass is 10.2. The van der Waals surface area contributed by atoms with Crippen LogP contribution >= 0.6 is 0 Å². The molecular formula is C15H16N6O4. The molecule has 3 aromatic rings. The fourth-order valence-electron chi connectivity index (χ4n) is 2.62. The van der Waals surface area contributed by atoms with Crippen molar-refractivity contribution in [3.63, 3.8) is 0 Å². The Balaban J connectivity index is 1.39. The number of ether oxygens (including phenoxy) is 1. The lowest BCUT2D eigenvalue weighted by molar-refractivity contribution is -0.0681. The molecule has 0 spiro atoms. The summed E-state index contributed by atoms with van der Waals surface area (Å²) in [7, 11) is 0. The molecule has 1 aliphatic rings. The smallest absolute Gasteiger partial charge is 0.276 e. The Morgan fingerprint density at radius 2 is 2.40 bits per heavy atom. The van der Waals surface area contributed by atoms with Crippen LogP contribution in [0.1, 0.15) is 16.2 Å². The number of morpholine rings is 1. The van der Waals surface area contributed by atoms with Gasteiger partial charge in [0.1, 0.15) is 24.0 Å². The first kappa shape index (κ1) is 15.5. The van der Waals surface area contributed by atoms with Gasteiger partial charge in [-0.2, -0.15) is 0 Å². The molecule has 0 saturated carbocycles. The second-order valence-corrected chi connectivity index (χ2v) is 5.67. The van der Waals surface area contributed by atoms with Crippen LogP contribution in [-0.4, -0.2) is 68.5 Å². The maximum Gasteiger partial charge on any atom is 0.276 e. The molecule has 1 amide bonds. The molecule has 1 saturated heterocycles. The molecule has 0 bridgehead atoms. The number of carbonyl (C=O) groups excluding carboxylic acids is 1. The number of hydrogen-bond donors (Lipinski definition) is 0. The van der Waals surface area contributed by atoms with Gasteiger partial charge in [-0.25, -0.2) is 4.98 Å². The SMILES string of the molecule is Cc1cc(C(=O)N2CCOC(COn3nnc4cccnc43)C2)no1. The van der Waals surface area contributed by atoms with Crippen LogP contribution in [0.15, 0.2) is 28.9 Å². The maximum atomic E-state index is 12.4. The molecule has 1 aliphatic heterocycles. The average Bonchev–Trinajstić information content (AvgIpc) is 3.26. The molecule has 4 rings (SSSR count). The monoisotopic (exact) mass is 344 g/mol. The minimum atomic E-state index is -0.284. The van der Waals surface area contributed by atoms with Crippen molar-refractivity contribution in [3.05, 3.63) is 35.9 Å². The highest BCUT2D eigenvalue weighted by molar-refractivity contribution is 5.92. The van der Waals surface area contributed by atoms with Gasteiger partial charge in [-0.3, -0.25) is 4.79 Å². The van der Waals surface area contributed by atoms with Crippen LogP contribution in [0.5, 0.6) is 0 Å². The number of carbonyl (C=O) groups is 1. The van der Waals surface area contributed by atoms with Crippen LogP contribution in [0.4, 0.5) is 0 Å². The van der Waals surface area contributed by atoms with E-state index in [-0.39, 0.29) is 18.6 Å². The largest absolute Gasteiger partial charge is 0.391 e. The number of hydrogen-bond acceptors (Lipinski definition) is 8. The van der Waals surface area contributed by atoms with E-state index < -0.39 is 0 Å². The number of fused-ring (bicyclic) bond motifs is 1. The first-order valence-corrected chi connectivity index (χ1v) is 7.84. The zero-order valence-corrected chi connectivity index (χ0v) is 13.5. The third-order valence-electron chi connectivity index (χ3n) is 3.84. The zero-order chi connectivity index (χ0) is 17.2. The van der Waals surface area contributed by atoms with Crippen LogP contribution in [0.3, 0.4) is 0 Å². The summed E-state index contributed by atoms with van der Waals surface area (Å²) in [6.45, 7) is 3.28. The summed E-state index contributed by atoms with van der Waals surface area (Å²) in [6.07, 6.45) is 1.36. The van der Waals surface area contributed by atoms with Gasteiger partial charge >= 0.3 is 0 Å². The van der Waals surface area contributed by atoms with E-state index in [0.29, 0.717) is 42.3 Å².